The fraction of sp³-hybridized carbons (Fsp3) is 0.286. The molecular weight excluding hydrogens is 269 g/mol. The third-order valence-corrected chi connectivity index (χ3v) is 2.65. The number of carbonyl (C=O) groups is 1. The summed E-state index contributed by atoms with van der Waals surface area (Å²) in [6.45, 7) is 5.03. The van der Waals surface area contributed by atoms with Gasteiger partial charge in [0.2, 0.25) is 5.91 Å². The molecule has 0 spiro atoms. The van der Waals surface area contributed by atoms with Crippen LogP contribution in [0.4, 0.5) is 13.2 Å². The molecule has 1 aromatic rings. The van der Waals surface area contributed by atoms with Crippen LogP contribution in [0.3, 0.4) is 0 Å². The average molecular weight is 282 g/mol. The Kier molecular flexibility index (Phi) is 4.92. The molecular formula is C14H13F3N2O. The fourth-order valence-corrected chi connectivity index (χ4v) is 1.57. The Balaban J connectivity index is 2.69. The third kappa shape index (κ3) is 4.43. The van der Waals surface area contributed by atoms with Crippen molar-refractivity contribution in [3.8, 4) is 6.07 Å². The Bertz CT molecular complexity index is 541. The van der Waals surface area contributed by atoms with Crippen LogP contribution >= 0.6 is 0 Å². The van der Waals surface area contributed by atoms with E-state index in [0.717, 1.165) is 12.1 Å². The maximum absolute atomic E-state index is 12.4. The minimum atomic E-state index is -4.38. The zero-order chi connectivity index (χ0) is 15.3. The van der Waals surface area contributed by atoms with Crippen molar-refractivity contribution in [3.63, 3.8) is 0 Å². The van der Waals surface area contributed by atoms with Gasteiger partial charge in [-0.3, -0.25) is 4.79 Å². The number of rotatable bonds is 4. The summed E-state index contributed by atoms with van der Waals surface area (Å²) in [5, 5.41) is 11.1. The molecule has 0 saturated heterocycles. The number of alkyl halides is 3. The van der Waals surface area contributed by atoms with E-state index in [2.05, 4.69) is 11.9 Å². The number of nitriles is 1. The van der Waals surface area contributed by atoms with E-state index in [9.17, 15) is 18.0 Å². The summed E-state index contributed by atoms with van der Waals surface area (Å²) in [4.78, 5) is 11.5. The molecule has 0 aliphatic heterocycles. The molecule has 1 aromatic carbocycles. The number of carbonyl (C=O) groups excluding carboxylic acids is 1. The zero-order valence-electron chi connectivity index (χ0n) is 10.8. The number of amides is 1. The summed E-state index contributed by atoms with van der Waals surface area (Å²) in [6.07, 6.45) is -4.50. The molecule has 0 fully saturated rings. The largest absolute Gasteiger partial charge is 0.416 e. The monoisotopic (exact) mass is 282 g/mol. The predicted molar refractivity (Wildman–Crippen MR) is 67.4 cm³/mol. The van der Waals surface area contributed by atoms with Gasteiger partial charge >= 0.3 is 6.18 Å². The Morgan fingerprint density at radius 2 is 1.95 bits per heavy atom. The smallest absolute Gasteiger partial charge is 0.349 e. The van der Waals surface area contributed by atoms with E-state index >= 15 is 0 Å². The number of hydrogen-bond acceptors (Lipinski definition) is 2. The highest BCUT2D eigenvalue weighted by Crippen LogP contribution is 2.29. The second-order valence-corrected chi connectivity index (χ2v) is 4.30. The summed E-state index contributed by atoms with van der Waals surface area (Å²) in [5.74, 6) is -0.399. The van der Waals surface area contributed by atoms with Crippen LogP contribution in [0.15, 0.2) is 36.4 Å². The molecule has 0 aliphatic carbocycles. The molecule has 0 saturated carbocycles. The minimum Gasteiger partial charge on any atom is -0.349 e. The Morgan fingerprint density at radius 1 is 1.40 bits per heavy atom. The first-order chi connectivity index (χ1) is 9.24. The van der Waals surface area contributed by atoms with Gasteiger partial charge in [0.25, 0.3) is 0 Å². The van der Waals surface area contributed by atoms with Crippen molar-refractivity contribution in [2.45, 2.75) is 25.6 Å². The molecule has 0 aromatic heterocycles. The van der Waals surface area contributed by atoms with Gasteiger partial charge in [0.05, 0.1) is 24.1 Å². The molecule has 0 unspecified atom stereocenters. The number of nitrogens with one attached hydrogen (secondary N) is 1. The van der Waals surface area contributed by atoms with E-state index < -0.39 is 23.7 Å². The van der Waals surface area contributed by atoms with Crippen LogP contribution in [-0.4, -0.2) is 5.91 Å². The molecule has 1 rings (SSSR count). The highest BCUT2D eigenvalue weighted by atomic mass is 19.4. The summed E-state index contributed by atoms with van der Waals surface area (Å²) in [6, 6.07) is 5.86. The molecule has 20 heavy (non-hydrogen) atoms. The maximum atomic E-state index is 12.4. The first-order valence-electron chi connectivity index (χ1n) is 5.78. The molecule has 1 N–H and O–H groups in total. The van der Waals surface area contributed by atoms with Crippen LogP contribution in [-0.2, 0) is 11.0 Å². The Hall–Kier alpha value is -2.29. The van der Waals surface area contributed by atoms with Gasteiger partial charge < -0.3 is 5.32 Å². The second-order valence-electron chi connectivity index (χ2n) is 4.30. The Morgan fingerprint density at radius 3 is 2.40 bits per heavy atom. The number of hydrogen-bond donors (Lipinski definition) is 1. The van der Waals surface area contributed by atoms with E-state index in [1.807, 2.05) is 0 Å². The van der Waals surface area contributed by atoms with Crippen molar-refractivity contribution in [1.82, 2.24) is 5.32 Å². The molecule has 0 radical (unpaired) electrons. The quantitative estimate of drug-likeness (QED) is 0.861. The lowest BCUT2D eigenvalue weighted by Crippen LogP contribution is -2.26. The number of halogens is 3. The summed E-state index contributed by atoms with van der Waals surface area (Å²) in [5.41, 5.74) is -0.0614. The van der Waals surface area contributed by atoms with Crippen molar-refractivity contribution in [3.05, 3.63) is 47.5 Å². The van der Waals surface area contributed by atoms with E-state index in [-0.39, 0.29) is 12.0 Å². The zero-order valence-corrected chi connectivity index (χ0v) is 10.8. The van der Waals surface area contributed by atoms with E-state index in [4.69, 9.17) is 5.26 Å². The normalized spacial score (nSPS) is 12.3. The van der Waals surface area contributed by atoms with Gasteiger partial charge in [-0.1, -0.05) is 18.7 Å². The van der Waals surface area contributed by atoms with Gasteiger partial charge in [-0.05, 0) is 24.6 Å². The lowest BCUT2D eigenvalue weighted by molar-refractivity contribution is -0.137. The highest BCUT2D eigenvalue weighted by Gasteiger charge is 2.30. The maximum Gasteiger partial charge on any atom is 0.416 e. The summed E-state index contributed by atoms with van der Waals surface area (Å²) >= 11 is 0. The van der Waals surface area contributed by atoms with Crippen molar-refractivity contribution >= 4 is 5.91 Å². The molecule has 3 nitrogen and oxygen atoms in total. The molecule has 1 amide bonds. The van der Waals surface area contributed by atoms with Crippen molar-refractivity contribution in [1.29, 1.82) is 5.26 Å². The van der Waals surface area contributed by atoms with E-state index in [0.29, 0.717) is 5.56 Å². The van der Waals surface area contributed by atoms with Gasteiger partial charge in [0, 0.05) is 5.57 Å². The van der Waals surface area contributed by atoms with Crippen molar-refractivity contribution in [2.75, 3.05) is 0 Å². The fourth-order valence-electron chi connectivity index (χ4n) is 1.57. The van der Waals surface area contributed by atoms with Crippen LogP contribution in [0.1, 0.15) is 30.5 Å². The summed E-state index contributed by atoms with van der Waals surface area (Å²) < 4.78 is 37.2. The van der Waals surface area contributed by atoms with Crippen LogP contribution < -0.4 is 5.32 Å². The van der Waals surface area contributed by atoms with Gasteiger partial charge in [0.15, 0.2) is 0 Å². The SMILES string of the molecule is C=C(C#N)CC(=O)N[C@@H](C)c1ccc(C(F)(F)F)cc1. The topological polar surface area (TPSA) is 52.9 Å². The first kappa shape index (κ1) is 15.8. The van der Waals surface area contributed by atoms with Crippen LogP contribution in [0.25, 0.3) is 0 Å². The standard InChI is InChI=1S/C14H13F3N2O/c1-9(8-18)7-13(20)19-10(2)11-3-5-12(6-4-11)14(15,16)17/h3-6,10H,1,7H2,2H3,(H,19,20)/t10-/m0/s1. The summed E-state index contributed by atoms with van der Waals surface area (Å²) in [7, 11) is 0. The van der Waals surface area contributed by atoms with Gasteiger partial charge in [-0.25, -0.2) is 0 Å². The Labute approximate surface area is 114 Å². The first-order valence-corrected chi connectivity index (χ1v) is 5.78. The predicted octanol–water partition coefficient (Wildman–Crippen LogP) is 3.35. The molecule has 0 bridgehead atoms. The molecule has 6 heteroatoms. The lowest BCUT2D eigenvalue weighted by Gasteiger charge is -2.15. The van der Waals surface area contributed by atoms with E-state index in [1.165, 1.54) is 12.1 Å². The van der Waals surface area contributed by atoms with Gasteiger partial charge in [-0.2, -0.15) is 18.4 Å². The third-order valence-electron chi connectivity index (χ3n) is 2.65. The number of benzene rings is 1. The van der Waals surface area contributed by atoms with Crippen LogP contribution in [0.5, 0.6) is 0 Å². The lowest BCUT2D eigenvalue weighted by atomic mass is 10.1. The minimum absolute atomic E-state index is 0.124. The van der Waals surface area contributed by atoms with Crippen molar-refractivity contribution < 1.29 is 18.0 Å². The molecule has 106 valence electrons. The van der Waals surface area contributed by atoms with Gasteiger partial charge in [0.1, 0.15) is 0 Å². The van der Waals surface area contributed by atoms with Crippen molar-refractivity contribution in [2.24, 2.45) is 0 Å². The van der Waals surface area contributed by atoms with Crippen LogP contribution in [0, 0.1) is 11.3 Å². The number of nitrogens with zero attached hydrogens (tertiary/aromatic N) is 1. The molecule has 1 atom stereocenters. The second kappa shape index (κ2) is 6.24. The average Bonchev–Trinajstić information content (AvgIpc) is 2.37. The molecule has 0 heterocycles. The highest BCUT2D eigenvalue weighted by molar-refractivity contribution is 5.79. The van der Waals surface area contributed by atoms with Gasteiger partial charge in [-0.15, -0.1) is 0 Å². The van der Waals surface area contributed by atoms with E-state index in [1.54, 1.807) is 13.0 Å². The van der Waals surface area contributed by atoms with Crippen LogP contribution in [0.2, 0.25) is 0 Å². The molecule has 0 aliphatic rings.